The van der Waals surface area contributed by atoms with Crippen molar-refractivity contribution in [3.05, 3.63) is 52.0 Å². The summed E-state index contributed by atoms with van der Waals surface area (Å²) in [5.41, 5.74) is 3.28. The lowest BCUT2D eigenvalue weighted by Crippen LogP contribution is -2.29. The zero-order valence-electron chi connectivity index (χ0n) is 14.9. The van der Waals surface area contributed by atoms with E-state index < -0.39 is 0 Å². The van der Waals surface area contributed by atoms with Gasteiger partial charge in [0.2, 0.25) is 5.91 Å². The number of hydrogen-bond donors (Lipinski definition) is 0. The second-order valence-electron chi connectivity index (χ2n) is 6.53. The summed E-state index contributed by atoms with van der Waals surface area (Å²) in [7, 11) is 1.83. The largest absolute Gasteiger partial charge is 0.372 e. The van der Waals surface area contributed by atoms with Crippen molar-refractivity contribution >= 4 is 29.0 Å². The number of benzene rings is 1. The van der Waals surface area contributed by atoms with Gasteiger partial charge in [0.15, 0.2) is 0 Å². The molecule has 0 saturated carbocycles. The van der Waals surface area contributed by atoms with Gasteiger partial charge < -0.3 is 9.80 Å². The van der Waals surface area contributed by atoms with Crippen molar-refractivity contribution in [3.63, 3.8) is 0 Å². The molecule has 0 spiro atoms. The van der Waals surface area contributed by atoms with E-state index in [9.17, 15) is 4.79 Å². The smallest absolute Gasteiger partial charge is 0.246 e. The Morgan fingerprint density at radius 1 is 1.24 bits per heavy atom. The van der Waals surface area contributed by atoms with Gasteiger partial charge in [-0.1, -0.05) is 12.1 Å². The zero-order valence-corrected chi connectivity index (χ0v) is 15.8. The van der Waals surface area contributed by atoms with Crippen LogP contribution in [0.25, 0.3) is 6.08 Å². The Labute approximate surface area is 153 Å². The third-order valence-corrected chi connectivity index (χ3v) is 5.28. The molecule has 25 heavy (non-hydrogen) atoms. The highest BCUT2D eigenvalue weighted by atomic mass is 32.1. The topological polar surface area (TPSA) is 36.4 Å². The molecule has 1 aromatic carbocycles. The van der Waals surface area contributed by atoms with Gasteiger partial charge in [-0.25, -0.2) is 4.98 Å². The first-order valence-corrected chi connectivity index (χ1v) is 9.69. The quantitative estimate of drug-likeness (QED) is 0.757. The van der Waals surface area contributed by atoms with E-state index in [1.807, 2.05) is 19.4 Å². The lowest BCUT2D eigenvalue weighted by molar-refractivity contribution is -0.125. The van der Waals surface area contributed by atoms with E-state index in [0.29, 0.717) is 6.54 Å². The van der Waals surface area contributed by atoms with E-state index in [4.69, 9.17) is 0 Å². The predicted octanol–water partition coefficient (Wildman–Crippen LogP) is 4.11. The van der Waals surface area contributed by atoms with Crippen LogP contribution in [-0.2, 0) is 11.3 Å². The highest BCUT2D eigenvalue weighted by molar-refractivity contribution is 7.09. The first-order valence-electron chi connectivity index (χ1n) is 8.81. The number of anilines is 1. The van der Waals surface area contributed by atoms with Crippen molar-refractivity contribution in [2.75, 3.05) is 25.0 Å². The molecule has 5 heteroatoms. The van der Waals surface area contributed by atoms with Crippen molar-refractivity contribution < 1.29 is 4.79 Å². The van der Waals surface area contributed by atoms with Gasteiger partial charge in [0.1, 0.15) is 0 Å². The molecule has 3 rings (SSSR count). The van der Waals surface area contributed by atoms with Gasteiger partial charge in [0, 0.05) is 43.8 Å². The third-order valence-electron chi connectivity index (χ3n) is 4.49. The fourth-order valence-corrected chi connectivity index (χ4v) is 3.64. The minimum Gasteiger partial charge on any atom is -0.372 e. The summed E-state index contributed by atoms with van der Waals surface area (Å²) in [6.07, 6.45) is 7.28. The van der Waals surface area contributed by atoms with Crippen LogP contribution in [0.5, 0.6) is 0 Å². The van der Waals surface area contributed by atoms with Crippen LogP contribution in [0.2, 0.25) is 0 Å². The van der Waals surface area contributed by atoms with E-state index in [-0.39, 0.29) is 5.91 Å². The molecule has 2 aromatic rings. The van der Waals surface area contributed by atoms with Crippen LogP contribution < -0.4 is 4.90 Å². The van der Waals surface area contributed by atoms with Gasteiger partial charge in [-0.3, -0.25) is 4.79 Å². The highest BCUT2D eigenvalue weighted by Gasteiger charge is 2.11. The third kappa shape index (κ3) is 4.92. The Balaban J connectivity index is 1.55. The monoisotopic (exact) mass is 355 g/mol. The number of aryl methyl sites for hydroxylation is 1. The van der Waals surface area contributed by atoms with Gasteiger partial charge in [0.25, 0.3) is 0 Å². The summed E-state index contributed by atoms with van der Waals surface area (Å²) in [4.78, 5) is 20.8. The second-order valence-corrected chi connectivity index (χ2v) is 7.60. The minimum atomic E-state index is -0.00856. The van der Waals surface area contributed by atoms with Gasteiger partial charge in [0.05, 0.1) is 10.7 Å². The van der Waals surface area contributed by atoms with Crippen LogP contribution in [0.3, 0.4) is 0 Å². The minimum absolute atomic E-state index is 0.00856. The first kappa shape index (κ1) is 17.7. The average Bonchev–Trinajstić information content (AvgIpc) is 3.06. The number of thiazole rings is 1. The summed E-state index contributed by atoms with van der Waals surface area (Å²) < 4.78 is 0. The molecule has 1 aliphatic rings. The molecule has 0 aliphatic carbocycles. The molecule has 1 aromatic heterocycles. The molecule has 1 aliphatic heterocycles. The predicted molar refractivity (Wildman–Crippen MR) is 105 cm³/mol. The normalized spacial score (nSPS) is 14.9. The van der Waals surface area contributed by atoms with Crippen LogP contribution in [0.4, 0.5) is 5.69 Å². The van der Waals surface area contributed by atoms with E-state index in [1.54, 1.807) is 28.4 Å². The molecular formula is C20H25N3OS. The Bertz CT molecular complexity index is 730. The summed E-state index contributed by atoms with van der Waals surface area (Å²) >= 11 is 1.59. The number of amides is 1. The number of carbonyl (C=O) groups is 1. The molecule has 1 saturated heterocycles. The molecule has 132 valence electrons. The lowest BCUT2D eigenvalue weighted by Gasteiger charge is -2.29. The maximum absolute atomic E-state index is 12.2. The summed E-state index contributed by atoms with van der Waals surface area (Å²) in [5.74, 6) is -0.00856. The Kier molecular flexibility index (Phi) is 5.87. The van der Waals surface area contributed by atoms with Crippen LogP contribution in [0.15, 0.2) is 35.7 Å². The van der Waals surface area contributed by atoms with Crippen molar-refractivity contribution in [3.8, 4) is 0 Å². The van der Waals surface area contributed by atoms with Crippen molar-refractivity contribution in [2.24, 2.45) is 0 Å². The Morgan fingerprint density at radius 2 is 1.96 bits per heavy atom. The van der Waals surface area contributed by atoms with Crippen LogP contribution in [0.1, 0.15) is 35.5 Å². The van der Waals surface area contributed by atoms with E-state index in [0.717, 1.165) is 29.4 Å². The molecule has 1 fully saturated rings. The molecular weight excluding hydrogens is 330 g/mol. The molecule has 1 amide bonds. The standard InChI is InChI=1S/C20H25N3OS/c1-16-21-18(15-25-16)8-11-20(24)22(2)14-17-6-9-19(10-7-17)23-12-4-3-5-13-23/h6-11,15H,3-5,12-14H2,1-2H3/b11-8+. The van der Waals surface area contributed by atoms with Crippen LogP contribution >= 0.6 is 11.3 Å². The number of aromatic nitrogens is 1. The highest BCUT2D eigenvalue weighted by Crippen LogP contribution is 2.20. The molecule has 0 radical (unpaired) electrons. The summed E-state index contributed by atoms with van der Waals surface area (Å²) in [5, 5.41) is 2.97. The van der Waals surface area contributed by atoms with Gasteiger partial charge in [-0.05, 0) is 50.0 Å². The summed E-state index contributed by atoms with van der Waals surface area (Å²) in [6.45, 7) is 4.88. The van der Waals surface area contributed by atoms with Crippen molar-refractivity contribution in [1.29, 1.82) is 0 Å². The Hall–Kier alpha value is -2.14. The molecule has 0 N–H and O–H groups in total. The number of hydrogen-bond acceptors (Lipinski definition) is 4. The van der Waals surface area contributed by atoms with Crippen LogP contribution in [-0.4, -0.2) is 35.9 Å². The Morgan fingerprint density at radius 3 is 2.60 bits per heavy atom. The number of likely N-dealkylation sites (N-methyl/N-ethyl adjacent to an activating group) is 1. The second kappa shape index (κ2) is 8.30. The van der Waals surface area contributed by atoms with Gasteiger partial charge >= 0.3 is 0 Å². The number of nitrogens with zero attached hydrogens (tertiary/aromatic N) is 3. The van der Waals surface area contributed by atoms with E-state index >= 15 is 0 Å². The van der Waals surface area contributed by atoms with E-state index in [2.05, 4.69) is 34.1 Å². The molecule has 0 bridgehead atoms. The van der Waals surface area contributed by atoms with Crippen LogP contribution in [0, 0.1) is 6.92 Å². The van der Waals surface area contributed by atoms with Gasteiger partial charge in [-0.15, -0.1) is 11.3 Å². The van der Waals surface area contributed by atoms with E-state index in [1.165, 1.54) is 24.9 Å². The SMILES string of the molecule is Cc1nc(/C=C/C(=O)N(C)Cc2ccc(N3CCCCC3)cc2)cs1. The maximum Gasteiger partial charge on any atom is 0.246 e. The molecule has 2 heterocycles. The average molecular weight is 356 g/mol. The fourth-order valence-electron chi connectivity index (χ4n) is 3.06. The lowest BCUT2D eigenvalue weighted by atomic mass is 10.1. The van der Waals surface area contributed by atoms with Gasteiger partial charge in [-0.2, -0.15) is 0 Å². The van der Waals surface area contributed by atoms with Crippen molar-refractivity contribution in [1.82, 2.24) is 9.88 Å². The zero-order chi connectivity index (χ0) is 17.6. The first-order chi connectivity index (χ1) is 12.1. The number of carbonyl (C=O) groups excluding carboxylic acids is 1. The summed E-state index contributed by atoms with van der Waals surface area (Å²) in [6, 6.07) is 8.60. The molecule has 4 nitrogen and oxygen atoms in total. The fraction of sp³-hybridized carbons (Fsp3) is 0.400. The van der Waals surface area contributed by atoms with Crippen molar-refractivity contribution in [2.45, 2.75) is 32.7 Å². The molecule has 0 unspecified atom stereocenters. The number of piperidine rings is 1. The number of rotatable bonds is 5. The maximum atomic E-state index is 12.2. The molecule has 0 atom stereocenters.